The Morgan fingerprint density at radius 1 is 1.16 bits per heavy atom. The number of fused-ring (bicyclic) bond motifs is 3. The zero-order valence-corrected chi connectivity index (χ0v) is 17.3. The lowest BCUT2D eigenvalue weighted by Gasteiger charge is -2.47. The van der Waals surface area contributed by atoms with E-state index < -0.39 is 0 Å². The molecule has 6 nitrogen and oxygen atoms in total. The zero-order valence-electron chi connectivity index (χ0n) is 15.0. The van der Waals surface area contributed by atoms with E-state index in [-0.39, 0.29) is 24.0 Å². The number of nitrogens with zero attached hydrogens (tertiary/aromatic N) is 3. The van der Waals surface area contributed by atoms with E-state index >= 15 is 0 Å². The monoisotopic (exact) mass is 459 g/mol. The Labute approximate surface area is 168 Å². The van der Waals surface area contributed by atoms with Crippen molar-refractivity contribution in [2.24, 2.45) is 4.99 Å². The maximum Gasteiger partial charge on any atom is 0.191 e. The van der Waals surface area contributed by atoms with Crippen LogP contribution in [0.3, 0.4) is 0 Å². The number of para-hydroxylation sites is 1. The van der Waals surface area contributed by atoms with Gasteiger partial charge in [0.25, 0.3) is 0 Å². The standard InChI is InChI=1S/C18H29N5O.HI/c1-2-19-18(20-8-13-24-17-6-4-3-5-7-17)21-14-16-15-22-9-11-23(16)12-10-22;/h3-7,16H,2,8-15H2,1H3,(H2,19,20,21);1H. The maximum atomic E-state index is 5.71. The van der Waals surface area contributed by atoms with Crippen molar-refractivity contribution in [3.63, 3.8) is 0 Å². The Balaban J connectivity index is 0.00000225. The lowest BCUT2D eigenvalue weighted by molar-refractivity contribution is 0.0174. The van der Waals surface area contributed by atoms with Crippen LogP contribution in [0, 0.1) is 0 Å². The van der Waals surface area contributed by atoms with E-state index in [0.29, 0.717) is 12.6 Å². The third-order valence-electron chi connectivity index (χ3n) is 4.60. The van der Waals surface area contributed by atoms with E-state index in [2.05, 4.69) is 27.4 Å². The highest BCUT2D eigenvalue weighted by molar-refractivity contribution is 14.0. The number of hydrogen-bond acceptors (Lipinski definition) is 4. The molecule has 0 radical (unpaired) electrons. The molecule has 1 aromatic carbocycles. The SMILES string of the molecule is CCNC(=NCC1CN2CCN1CC2)NCCOc1ccccc1.I. The molecule has 3 aliphatic rings. The first kappa shape index (κ1) is 20.3. The average Bonchev–Trinajstić information content (AvgIpc) is 2.65. The first-order chi connectivity index (χ1) is 11.8. The molecule has 7 heteroatoms. The minimum atomic E-state index is 0. The van der Waals surface area contributed by atoms with Gasteiger partial charge in [-0.25, -0.2) is 0 Å². The highest BCUT2D eigenvalue weighted by Crippen LogP contribution is 2.15. The number of rotatable bonds is 7. The second-order valence-corrected chi connectivity index (χ2v) is 6.30. The highest BCUT2D eigenvalue weighted by Gasteiger charge is 2.31. The molecule has 1 aromatic rings. The summed E-state index contributed by atoms with van der Waals surface area (Å²) in [6, 6.07) is 10.5. The molecular weight excluding hydrogens is 429 g/mol. The highest BCUT2D eigenvalue weighted by atomic mass is 127. The van der Waals surface area contributed by atoms with Gasteiger partial charge in [-0.3, -0.25) is 14.8 Å². The van der Waals surface area contributed by atoms with Gasteiger partial charge in [0, 0.05) is 45.3 Å². The molecule has 0 aliphatic carbocycles. The number of guanidine groups is 1. The number of piperazine rings is 3. The fourth-order valence-electron chi connectivity index (χ4n) is 3.29. The summed E-state index contributed by atoms with van der Waals surface area (Å²) in [7, 11) is 0. The summed E-state index contributed by atoms with van der Waals surface area (Å²) in [5.74, 6) is 1.79. The van der Waals surface area contributed by atoms with Gasteiger partial charge in [-0.2, -0.15) is 0 Å². The number of halogens is 1. The van der Waals surface area contributed by atoms with Gasteiger partial charge < -0.3 is 15.4 Å². The molecule has 2 N–H and O–H groups in total. The first-order valence-electron chi connectivity index (χ1n) is 9.01. The second-order valence-electron chi connectivity index (χ2n) is 6.30. The Bertz CT molecular complexity index is 519. The van der Waals surface area contributed by atoms with Crippen molar-refractivity contribution in [2.45, 2.75) is 13.0 Å². The zero-order chi connectivity index (χ0) is 16.6. The summed E-state index contributed by atoms with van der Waals surface area (Å²) in [5, 5.41) is 6.67. The third-order valence-corrected chi connectivity index (χ3v) is 4.60. The first-order valence-corrected chi connectivity index (χ1v) is 9.01. The number of nitrogens with one attached hydrogen (secondary N) is 2. The van der Waals surface area contributed by atoms with Crippen LogP contribution in [-0.2, 0) is 0 Å². The molecule has 0 spiro atoms. The molecule has 3 fully saturated rings. The summed E-state index contributed by atoms with van der Waals surface area (Å²) < 4.78 is 5.71. The molecular formula is C18H30IN5O. The van der Waals surface area contributed by atoms with Crippen molar-refractivity contribution in [1.82, 2.24) is 20.4 Å². The normalized spacial score (nSPS) is 25.2. The van der Waals surface area contributed by atoms with Crippen LogP contribution in [0.25, 0.3) is 0 Å². The molecule has 2 bridgehead atoms. The van der Waals surface area contributed by atoms with Gasteiger partial charge in [-0.1, -0.05) is 18.2 Å². The molecule has 3 aliphatic heterocycles. The van der Waals surface area contributed by atoms with E-state index in [1.807, 2.05) is 30.3 Å². The maximum absolute atomic E-state index is 5.71. The van der Waals surface area contributed by atoms with Crippen LogP contribution in [-0.4, -0.2) is 80.8 Å². The predicted octanol–water partition coefficient (Wildman–Crippen LogP) is 1.24. The fourth-order valence-corrected chi connectivity index (χ4v) is 3.29. The summed E-state index contributed by atoms with van der Waals surface area (Å²) >= 11 is 0. The van der Waals surface area contributed by atoms with Crippen LogP contribution in [0.1, 0.15) is 6.92 Å². The molecule has 4 rings (SSSR count). The Kier molecular flexibility index (Phi) is 8.77. The lowest BCUT2D eigenvalue weighted by atomic mass is 10.1. The summed E-state index contributed by atoms with van der Waals surface area (Å²) in [4.78, 5) is 9.90. The van der Waals surface area contributed by atoms with Gasteiger partial charge in [-0.05, 0) is 19.1 Å². The fraction of sp³-hybridized carbons (Fsp3) is 0.611. The summed E-state index contributed by atoms with van der Waals surface area (Å²) in [6.07, 6.45) is 0. The van der Waals surface area contributed by atoms with E-state index in [9.17, 15) is 0 Å². The number of ether oxygens (including phenoxy) is 1. The van der Waals surface area contributed by atoms with Crippen LogP contribution >= 0.6 is 24.0 Å². The topological polar surface area (TPSA) is 52.1 Å². The van der Waals surface area contributed by atoms with E-state index in [0.717, 1.165) is 37.9 Å². The molecule has 0 amide bonds. The van der Waals surface area contributed by atoms with Crippen molar-refractivity contribution in [3.8, 4) is 5.75 Å². The van der Waals surface area contributed by atoms with Gasteiger partial charge in [-0.15, -0.1) is 24.0 Å². The van der Waals surface area contributed by atoms with Crippen LogP contribution in [0.4, 0.5) is 0 Å². The minimum absolute atomic E-state index is 0. The smallest absolute Gasteiger partial charge is 0.191 e. The Morgan fingerprint density at radius 3 is 2.56 bits per heavy atom. The summed E-state index contributed by atoms with van der Waals surface area (Å²) in [5.41, 5.74) is 0. The lowest BCUT2D eigenvalue weighted by Crippen LogP contribution is -2.62. The van der Waals surface area contributed by atoms with E-state index in [1.165, 1.54) is 26.2 Å². The van der Waals surface area contributed by atoms with Crippen LogP contribution in [0.2, 0.25) is 0 Å². The average molecular weight is 459 g/mol. The molecule has 140 valence electrons. The number of benzene rings is 1. The molecule has 0 saturated carbocycles. The van der Waals surface area contributed by atoms with Crippen molar-refractivity contribution in [1.29, 1.82) is 0 Å². The molecule has 3 saturated heterocycles. The molecule has 0 aromatic heterocycles. The van der Waals surface area contributed by atoms with Gasteiger partial charge in [0.1, 0.15) is 12.4 Å². The molecule has 1 unspecified atom stereocenters. The molecule has 1 atom stereocenters. The van der Waals surface area contributed by atoms with Crippen molar-refractivity contribution in [2.75, 3.05) is 59.0 Å². The van der Waals surface area contributed by atoms with Gasteiger partial charge in [0.05, 0.1) is 13.1 Å². The van der Waals surface area contributed by atoms with Gasteiger partial charge in [0.2, 0.25) is 0 Å². The van der Waals surface area contributed by atoms with Crippen LogP contribution in [0.5, 0.6) is 5.75 Å². The second kappa shape index (κ2) is 10.8. The van der Waals surface area contributed by atoms with Crippen LogP contribution < -0.4 is 15.4 Å². The third kappa shape index (κ3) is 6.31. The Morgan fingerprint density at radius 2 is 1.92 bits per heavy atom. The summed E-state index contributed by atoms with van der Waals surface area (Å²) in [6.45, 7) is 11.1. The van der Waals surface area contributed by atoms with Crippen molar-refractivity contribution >= 4 is 29.9 Å². The minimum Gasteiger partial charge on any atom is -0.492 e. The van der Waals surface area contributed by atoms with Gasteiger partial charge >= 0.3 is 0 Å². The predicted molar refractivity (Wildman–Crippen MR) is 113 cm³/mol. The number of hydrogen-bond donors (Lipinski definition) is 2. The quantitative estimate of drug-likeness (QED) is 0.278. The molecule has 25 heavy (non-hydrogen) atoms. The van der Waals surface area contributed by atoms with Gasteiger partial charge in [0.15, 0.2) is 5.96 Å². The number of aliphatic imine (C=N–C) groups is 1. The van der Waals surface area contributed by atoms with E-state index in [4.69, 9.17) is 9.73 Å². The Hall–Kier alpha value is -1.06. The largest absolute Gasteiger partial charge is 0.492 e. The van der Waals surface area contributed by atoms with Crippen LogP contribution in [0.15, 0.2) is 35.3 Å². The van der Waals surface area contributed by atoms with Crippen molar-refractivity contribution in [3.05, 3.63) is 30.3 Å². The molecule has 3 heterocycles. The van der Waals surface area contributed by atoms with Crippen molar-refractivity contribution < 1.29 is 4.74 Å². The van der Waals surface area contributed by atoms with E-state index in [1.54, 1.807) is 0 Å².